The van der Waals surface area contributed by atoms with Gasteiger partial charge in [-0.2, -0.15) is 0 Å². The van der Waals surface area contributed by atoms with Crippen molar-refractivity contribution in [1.82, 2.24) is 15.6 Å². The van der Waals surface area contributed by atoms with Crippen LogP contribution >= 0.6 is 22.9 Å². The highest BCUT2D eigenvalue weighted by atomic mass is 35.5. The van der Waals surface area contributed by atoms with Crippen LogP contribution in [0, 0.1) is 0 Å². The van der Waals surface area contributed by atoms with Gasteiger partial charge >= 0.3 is 0 Å². The molecule has 4 nitrogen and oxygen atoms in total. The monoisotopic (exact) mass is 233 g/mol. The maximum atomic E-state index is 10.8. The van der Waals surface area contributed by atoms with Crippen molar-refractivity contribution in [2.45, 2.75) is 13.0 Å². The summed E-state index contributed by atoms with van der Waals surface area (Å²) in [7, 11) is 1.63. The fraction of sp³-hybridized carbons (Fsp3) is 0.500. The van der Waals surface area contributed by atoms with Crippen molar-refractivity contribution in [3.05, 3.63) is 15.5 Å². The Hall–Kier alpha value is -0.650. The van der Waals surface area contributed by atoms with Crippen LogP contribution in [-0.2, 0) is 11.3 Å². The van der Waals surface area contributed by atoms with Gasteiger partial charge < -0.3 is 10.6 Å². The SMILES string of the molecule is CNC(=O)CCNCc1ncc(Cl)s1. The molecular weight excluding hydrogens is 222 g/mol. The second-order valence-electron chi connectivity index (χ2n) is 2.66. The lowest BCUT2D eigenvalue weighted by molar-refractivity contribution is -0.120. The normalized spacial score (nSPS) is 10.1. The van der Waals surface area contributed by atoms with Crippen LogP contribution in [0.1, 0.15) is 11.4 Å². The molecule has 6 heteroatoms. The van der Waals surface area contributed by atoms with Crippen LogP contribution in [0.2, 0.25) is 4.34 Å². The van der Waals surface area contributed by atoms with Crippen molar-refractivity contribution in [3.8, 4) is 0 Å². The topological polar surface area (TPSA) is 54.0 Å². The third-order valence-corrected chi connectivity index (χ3v) is 2.72. The molecule has 0 atom stereocenters. The van der Waals surface area contributed by atoms with Crippen LogP contribution in [0.15, 0.2) is 6.20 Å². The van der Waals surface area contributed by atoms with Gasteiger partial charge in [-0.3, -0.25) is 4.79 Å². The van der Waals surface area contributed by atoms with E-state index in [1.807, 2.05) is 0 Å². The number of thiazole rings is 1. The minimum absolute atomic E-state index is 0.0367. The smallest absolute Gasteiger partial charge is 0.221 e. The molecule has 0 aliphatic rings. The molecule has 1 aromatic heterocycles. The van der Waals surface area contributed by atoms with Crippen LogP contribution in [0.5, 0.6) is 0 Å². The molecule has 1 aromatic rings. The van der Waals surface area contributed by atoms with Crippen LogP contribution < -0.4 is 10.6 Å². The second-order valence-corrected chi connectivity index (χ2v) is 4.40. The number of hydrogen-bond acceptors (Lipinski definition) is 4. The number of nitrogens with zero attached hydrogens (tertiary/aromatic N) is 1. The lowest BCUT2D eigenvalue weighted by Crippen LogP contribution is -2.24. The van der Waals surface area contributed by atoms with E-state index in [0.717, 1.165) is 5.01 Å². The van der Waals surface area contributed by atoms with Gasteiger partial charge in [0.25, 0.3) is 0 Å². The summed E-state index contributed by atoms with van der Waals surface area (Å²) in [5.41, 5.74) is 0. The summed E-state index contributed by atoms with van der Waals surface area (Å²) in [6.07, 6.45) is 2.11. The molecule has 0 unspecified atom stereocenters. The molecule has 0 bridgehead atoms. The van der Waals surface area contributed by atoms with Crippen molar-refractivity contribution >= 4 is 28.8 Å². The molecule has 0 aliphatic carbocycles. The number of amides is 1. The van der Waals surface area contributed by atoms with Crippen LogP contribution in [0.25, 0.3) is 0 Å². The zero-order chi connectivity index (χ0) is 10.4. The maximum absolute atomic E-state index is 10.8. The fourth-order valence-electron chi connectivity index (χ4n) is 0.892. The Morgan fingerprint density at radius 2 is 2.50 bits per heavy atom. The van der Waals surface area contributed by atoms with E-state index in [0.29, 0.717) is 23.8 Å². The molecule has 14 heavy (non-hydrogen) atoms. The molecule has 1 rings (SSSR count). The zero-order valence-corrected chi connectivity index (χ0v) is 9.41. The average molecular weight is 234 g/mol. The van der Waals surface area contributed by atoms with E-state index in [9.17, 15) is 4.79 Å². The Morgan fingerprint density at radius 3 is 3.07 bits per heavy atom. The number of aromatic nitrogens is 1. The van der Waals surface area contributed by atoms with E-state index in [-0.39, 0.29) is 5.91 Å². The summed E-state index contributed by atoms with van der Waals surface area (Å²) in [5.74, 6) is 0.0367. The molecule has 78 valence electrons. The lowest BCUT2D eigenvalue weighted by Gasteiger charge is -2.00. The maximum Gasteiger partial charge on any atom is 0.221 e. The number of carbonyl (C=O) groups excluding carboxylic acids is 1. The first kappa shape index (κ1) is 11.4. The van der Waals surface area contributed by atoms with Gasteiger partial charge in [0, 0.05) is 26.6 Å². The lowest BCUT2D eigenvalue weighted by atomic mass is 10.4. The van der Waals surface area contributed by atoms with Gasteiger partial charge in [-0.15, -0.1) is 11.3 Å². The van der Waals surface area contributed by atoms with Crippen molar-refractivity contribution in [3.63, 3.8) is 0 Å². The van der Waals surface area contributed by atoms with Gasteiger partial charge in [0.15, 0.2) is 0 Å². The first-order valence-corrected chi connectivity index (χ1v) is 5.43. The Balaban J connectivity index is 2.13. The van der Waals surface area contributed by atoms with E-state index in [2.05, 4.69) is 15.6 Å². The van der Waals surface area contributed by atoms with Gasteiger partial charge in [0.1, 0.15) is 9.34 Å². The van der Waals surface area contributed by atoms with Gasteiger partial charge in [-0.1, -0.05) is 11.6 Å². The van der Waals surface area contributed by atoms with Crippen molar-refractivity contribution < 1.29 is 4.79 Å². The van der Waals surface area contributed by atoms with Crippen LogP contribution in [-0.4, -0.2) is 24.5 Å². The minimum Gasteiger partial charge on any atom is -0.359 e. The number of carbonyl (C=O) groups is 1. The van der Waals surface area contributed by atoms with E-state index in [1.165, 1.54) is 11.3 Å². The highest BCUT2D eigenvalue weighted by Crippen LogP contribution is 2.17. The first-order chi connectivity index (χ1) is 6.72. The summed E-state index contributed by atoms with van der Waals surface area (Å²) in [6.45, 7) is 1.31. The molecule has 0 radical (unpaired) electrons. The van der Waals surface area contributed by atoms with Crippen molar-refractivity contribution in [2.24, 2.45) is 0 Å². The Kier molecular flexibility index (Phi) is 4.86. The highest BCUT2D eigenvalue weighted by Gasteiger charge is 2.00. The fourth-order valence-corrected chi connectivity index (χ4v) is 1.82. The quantitative estimate of drug-likeness (QED) is 0.747. The number of hydrogen-bond donors (Lipinski definition) is 2. The molecule has 1 amide bonds. The van der Waals surface area contributed by atoms with Gasteiger partial charge in [-0.05, 0) is 0 Å². The predicted molar refractivity (Wildman–Crippen MR) is 57.5 cm³/mol. The first-order valence-electron chi connectivity index (χ1n) is 4.24. The average Bonchev–Trinajstić information content (AvgIpc) is 2.58. The molecule has 0 fully saturated rings. The summed E-state index contributed by atoms with van der Waals surface area (Å²) in [6, 6.07) is 0. The number of rotatable bonds is 5. The Morgan fingerprint density at radius 1 is 1.71 bits per heavy atom. The molecule has 0 spiro atoms. The third kappa shape index (κ3) is 4.04. The number of halogens is 1. The molecule has 2 N–H and O–H groups in total. The Bertz CT molecular complexity index is 303. The Labute approximate surface area is 91.7 Å². The standard InChI is InChI=1S/C8H12ClN3OS/c1-10-7(13)2-3-11-5-8-12-4-6(9)14-8/h4,11H,2-3,5H2,1H3,(H,10,13). The van der Waals surface area contributed by atoms with E-state index >= 15 is 0 Å². The van der Waals surface area contributed by atoms with E-state index in [4.69, 9.17) is 11.6 Å². The van der Waals surface area contributed by atoms with E-state index < -0.39 is 0 Å². The molecule has 0 aromatic carbocycles. The molecule has 0 saturated carbocycles. The van der Waals surface area contributed by atoms with Crippen molar-refractivity contribution in [2.75, 3.05) is 13.6 Å². The summed E-state index contributed by atoms with van der Waals surface area (Å²) >= 11 is 7.15. The zero-order valence-electron chi connectivity index (χ0n) is 7.84. The number of nitrogens with one attached hydrogen (secondary N) is 2. The van der Waals surface area contributed by atoms with Crippen LogP contribution in [0.4, 0.5) is 0 Å². The van der Waals surface area contributed by atoms with Gasteiger partial charge in [0.05, 0.1) is 6.20 Å². The minimum atomic E-state index is 0.0367. The van der Waals surface area contributed by atoms with Gasteiger partial charge in [0.2, 0.25) is 5.91 Å². The summed E-state index contributed by atoms with van der Waals surface area (Å²) in [5, 5.41) is 6.60. The highest BCUT2D eigenvalue weighted by molar-refractivity contribution is 7.15. The summed E-state index contributed by atoms with van der Waals surface area (Å²) < 4.78 is 0.688. The van der Waals surface area contributed by atoms with E-state index in [1.54, 1.807) is 13.2 Å². The van der Waals surface area contributed by atoms with Crippen molar-refractivity contribution in [1.29, 1.82) is 0 Å². The second kappa shape index (κ2) is 5.95. The summed E-state index contributed by atoms with van der Waals surface area (Å²) in [4.78, 5) is 14.9. The molecule has 0 saturated heterocycles. The van der Waals surface area contributed by atoms with Gasteiger partial charge in [-0.25, -0.2) is 4.98 Å². The molecule has 0 aliphatic heterocycles. The largest absolute Gasteiger partial charge is 0.359 e. The molecular formula is C8H12ClN3OS. The molecule has 1 heterocycles. The third-order valence-electron chi connectivity index (χ3n) is 1.61. The predicted octanol–water partition coefficient (Wildman–Crippen LogP) is 1.02. The van der Waals surface area contributed by atoms with Crippen LogP contribution in [0.3, 0.4) is 0 Å².